The summed E-state index contributed by atoms with van der Waals surface area (Å²) in [6, 6.07) is 14.9. The lowest BCUT2D eigenvalue weighted by Crippen LogP contribution is -2.10. The van der Waals surface area contributed by atoms with Crippen LogP contribution in [0, 0.1) is 10.8 Å². The highest BCUT2D eigenvalue weighted by Gasteiger charge is 2.09. The minimum atomic E-state index is 0. The summed E-state index contributed by atoms with van der Waals surface area (Å²) in [6.07, 6.45) is 1.40. The maximum atomic E-state index is 7.52. The summed E-state index contributed by atoms with van der Waals surface area (Å²) < 4.78 is 11.7. The zero-order valence-corrected chi connectivity index (χ0v) is 16.5. The lowest BCUT2D eigenvalue weighted by atomic mass is 10.1. The SMILES string of the molecule is Cl.Cl.N=C(N)c1ccc2oc(CCc3cc4cc(C(=N)N)ccc4o3)cc2c1. The molecule has 0 saturated carbocycles. The molecule has 0 unspecified atom stereocenters. The van der Waals surface area contributed by atoms with E-state index in [-0.39, 0.29) is 36.5 Å². The fraction of sp³-hybridized carbons (Fsp3) is 0.100. The second-order valence-corrected chi connectivity index (χ2v) is 6.26. The Hall–Kier alpha value is -2.96. The van der Waals surface area contributed by atoms with E-state index in [2.05, 4.69) is 0 Å². The fourth-order valence-electron chi connectivity index (χ4n) is 3.02. The summed E-state index contributed by atoms with van der Waals surface area (Å²) in [7, 11) is 0. The van der Waals surface area contributed by atoms with Gasteiger partial charge in [0.05, 0.1) is 0 Å². The highest BCUT2D eigenvalue weighted by atomic mass is 35.5. The summed E-state index contributed by atoms with van der Waals surface area (Å²) in [5.74, 6) is 1.79. The molecule has 0 spiro atoms. The van der Waals surface area contributed by atoms with Crippen molar-refractivity contribution in [1.82, 2.24) is 0 Å². The first-order chi connectivity index (χ1) is 12.5. The monoisotopic (exact) mass is 418 g/mol. The van der Waals surface area contributed by atoms with Crippen LogP contribution in [-0.2, 0) is 12.8 Å². The molecule has 0 radical (unpaired) electrons. The Kier molecular flexibility index (Phi) is 6.38. The lowest BCUT2D eigenvalue weighted by Gasteiger charge is -1.96. The fourth-order valence-corrected chi connectivity index (χ4v) is 3.02. The van der Waals surface area contributed by atoms with Crippen LogP contribution >= 0.6 is 24.8 Å². The first-order valence-corrected chi connectivity index (χ1v) is 8.23. The number of hydrogen-bond acceptors (Lipinski definition) is 4. The summed E-state index contributed by atoms with van der Waals surface area (Å²) >= 11 is 0. The van der Waals surface area contributed by atoms with Gasteiger partial charge in [-0.15, -0.1) is 24.8 Å². The molecule has 8 heteroatoms. The van der Waals surface area contributed by atoms with Gasteiger partial charge >= 0.3 is 0 Å². The topological polar surface area (TPSA) is 126 Å². The van der Waals surface area contributed by atoms with Crippen LogP contribution in [-0.4, -0.2) is 11.7 Å². The number of furan rings is 2. The first-order valence-electron chi connectivity index (χ1n) is 8.23. The zero-order valence-electron chi connectivity index (χ0n) is 14.8. The Balaban J connectivity index is 0.00000140. The van der Waals surface area contributed by atoms with Crippen molar-refractivity contribution in [2.75, 3.05) is 0 Å². The van der Waals surface area contributed by atoms with E-state index in [1.807, 2.05) is 36.4 Å². The predicted octanol–water partition coefficient (Wildman–Crippen LogP) is 4.38. The highest BCUT2D eigenvalue weighted by molar-refractivity contribution is 5.99. The number of nitrogen functional groups attached to an aromatic ring is 2. The molecule has 0 atom stereocenters. The van der Waals surface area contributed by atoms with Gasteiger partial charge < -0.3 is 20.3 Å². The van der Waals surface area contributed by atoms with Crippen LogP contribution in [0.3, 0.4) is 0 Å². The highest BCUT2D eigenvalue weighted by Crippen LogP contribution is 2.24. The van der Waals surface area contributed by atoms with E-state index in [1.165, 1.54) is 0 Å². The summed E-state index contributed by atoms with van der Waals surface area (Å²) in [5, 5.41) is 16.9. The predicted molar refractivity (Wildman–Crippen MR) is 116 cm³/mol. The molecule has 0 aliphatic heterocycles. The lowest BCUT2D eigenvalue weighted by molar-refractivity contribution is 0.510. The van der Waals surface area contributed by atoms with Crippen molar-refractivity contribution in [3.8, 4) is 0 Å². The van der Waals surface area contributed by atoms with Gasteiger partial charge in [0.15, 0.2) is 0 Å². The smallest absolute Gasteiger partial charge is 0.134 e. The minimum absolute atomic E-state index is 0. The molecule has 2 heterocycles. The molecule has 0 amide bonds. The van der Waals surface area contributed by atoms with Gasteiger partial charge in [-0.3, -0.25) is 10.8 Å². The van der Waals surface area contributed by atoms with Gasteiger partial charge in [0.2, 0.25) is 0 Å². The number of nitrogens with one attached hydrogen (secondary N) is 2. The first kappa shape index (κ1) is 21.3. The van der Waals surface area contributed by atoms with Crippen molar-refractivity contribution in [1.29, 1.82) is 10.8 Å². The summed E-state index contributed by atoms with van der Waals surface area (Å²) in [5.41, 5.74) is 14.0. The third-order valence-corrected chi connectivity index (χ3v) is 4.37. The van der Waals surface area contributed by atoms with Crippen molar-refractivity contribution in [2.45, 2.75) is 12.8 Å². The van der Waals surface area contributed by atoms with E-state index in [0.717, 1.165) is 33.5 Å². The molecular weight excluding hydrogens is 399 g/mol. The molecule has 28 heavy (non-hydrogen) atoms. The number of rotatable bonds is 5. The number of hydrogen-bond donors (Lipinski definition) is 4. The van der Waals surface area contributed by atoms with Crippen LogP contribution in [0.5, 0.6) is 0 Å². The molecule has 6 N–H and O–H groups in total. The molecule has 4 rings (SSSR count). The maximum Gasteiger partial charge on any atom is 0.134 e. The molecule has 0 aliphatic rings. The molecular formula is C20H20Cl2N4O2. The normalized spacial score (nSPS) is 10.4. The maximum absolute atomic E-state index is 7.52. The summed E-state index contributed by atoms with van der Waals surface area (Å²) in [4.78, 5) is 0. The zero-order chi connectivity index (χ0) is 18.3. The van der Waals surface area contributed by atoms with Crippen LogP contribution in [0.15, 0.2) is 57.4 Å². The largest absolute Gasteiger partial charge is 0.461 e. The van der Waals surface area contributed by atoms with Crippen LogP contribution < -0.4 is 11.5 Å². The Labute approximate surface area is 173 Å². The molecule has 146 valence electrons. The van der Waals surface area contributed by atoms with Crippen LogP contribution in [0.25, 0.3) is 21.9 Å². The van der Waals surface area contributed by atoms with Gasteiger partial charge in [0.25, 0.3) is 0 Å². The number of amidine groups is 2. The van der Waals surface area contributed by atoms with Gasteiger partial charge in [0, 0.05) is 34.7 Å². The molecule has 0 bridgehead atoms. The number of benzene rings is 2. The van der Waals surface area contributed by atoms with E-state index in [1.54, 1.807) is 12.1 Å². The number of aryl methyl sites for hydroxylation is 2. The van der Waals surface area contributed by atoms with Gasteiger partial charge in [-0.1, -0.05) is 0 Å². The number of fused-ring (bicyclic) bond motifs is 2. The van der Waals surface area contributed by atoms with E-state index >= 15 is 0 Å². The minimum Gasteiger partial charge on any atom is -0.461 e. The van der Waals surface area contributed by atoms with Crippen LogP contribution in [0.2, 0.25) is 0 Å². The Morgan fingerprint density at radius 3 is 1.43 bits per heavy atom. The van der Waals surface area contributed by atoms with Crippen LogP contribution in [0.1, 0.15) is 22.6 Å². The molecule has 4 aromatic rings. The van der Waals surface area contributed by atoms with Crippen molar-refractivity contribution in [3.63, 3.8) is 0 Å². The molecule has 0 aliphatic carbocycles. The van der Waals surface area contributed by atoms with Gasteiger partial charge in [0.1, 0.15) is 34.4 Å². The number of nitrogens with two attached hydrogens (primary N) is 2. The van der Waals surface area contributed by atoms with Crippen molar-refractivity contribution < 1.29 is 8.83 Å². The van der Waals surface area contributed by atoms with Crippen molar-refractivity contribution in [2.24, 2.45) is 11.5 Å². The molecule has 6 nitrogen and oxygen atoms in total. The van der Waals surface area contributed by atoms with Crippen molar-refractivity contribution >= 4 is 58.4 Å². The van der Waals surface area contributed by atoms with Gasteiger partial charge in [-0.2, -0.15) is 0 Å². The molecule has 0 saturated heterocycles. The Bertz CT molecular complexity index is 1070. The quantitative estimate of drug-likeness (QED) is 0.283. The second-order valence-electron chi connectivity index (χ2n) is 6.26. The average Bonchev–Trinajstić information content (AvgIpc) is 3.21. The van der Waals surface area contributed by atoms with E-state index in [4.69, 9.17) is 31.1 Å². The van der Waals surface area contributed by atoms with Crippen molar-refractivity contribution in [3.05, 3.63) is 71.2 Å². The molecule has 0 fully saturated rings. The third kappa shape index (κ3) is 4.13. The van der Waals surface area contributed by atoms with Gasteiger partial charge in [-0.25, -0.2) is 0 Å². The molecule has 2 aromatic heterocycles. The van der Waals surface area contributed by atoms with Crippen LogP contribution in [0.4, 0.5) is 0 Å². The van der Waals surface area contributed by atoms with E-state index < -0.39 is 0 Å². The Morgan fingerprint density at radius 1 is 0.679 bits per heavy atom. The molecule has 2 aromatic carbocycles. The average molecular weight is 419 g/mol. The number of halogens is 2. The third-order valence-electron chi connectivity index (χ3n) is 4.37. The summed E-state index contributed by atoms with van der Waals surface area (Å²) in [6.45, 7) is 0. The Morgan fingerprint density at radius 2 is 1.07 bits per heavy atom. The standard InChI is InChI=1S/C20H18N4O2.2ClH/c21-19(22)11-1-5-17-13(7-11)9-15(25-17)3-4-16-10-14-8-12(20(23)24)2-6-18(14)26-16;;/h1-2,5-10H,3-4H2,(H3,21,22)(H3,23,24);2*1H. The van der Waals surface area contributed by atoms with E-state index in [9.17, 15) is 0 Å². The van der Waals surface area contributed by atoms with Gasteiger partial charge in [-0.05, 0) is 48.5 Å². The second kappa shape index (κ2) is 8.37. The van der Waals surface area contributed by atoms with E-state index in [0.29, 0.717) is 24.0 Å².